The maximum absolute atomic E-state index is 10.8. The summed E-state index contributed by atoms with van der Waals surface area (Å²) < 4.78 is 0. The predicted octanol–water partition coefficient (Wildman–Crippen LogP) is 4.87. The van der Waals surface area contributed by atoms with Crippen molar-refractivity contribution in [1.29, 1.82) is 0 Å². The van der Waals surface area contributed by atoms with Crippen LogP contribution in [0, 0.1) is 13.8 Å². The largest absolute Gasteiger partial charge is 0.365 e. The number of nitrogens with zero attached hydrogens (tertiary/aromatic N) is 2. The third-order valence-corrected chi connectivity index (χ3v) is 3.85. The third kappa shape index (κ3) is 5.46. The number of primary amides is 1. The van der Waals surface area contributed by atoms with Crippen molar-refractivity contribution in [3.63, 3.8) is 0 Å². The van der Waals surface area contributed by atoms with Crippen LogP contribution in [0.3, 0.4) is 0 Å². The van der Waals surface area contributed by atoms with Crippen LogP contribution in [0.15, 0.2) is 12.1 Å². The smallest absolute Gasteiger partial charge is 0.255 e. The Hall–Kier alpha value is -1.11. The van der Waals surface area contributed by atoms with Crippen LogP contribution in [0.25, 0.3) is 0 Å². The highest BCUT2D eigenvalue weighted by atomic mass is 35.5. The second kappa shape index (κ2) is 8.83. The van der Waals surface area contributed by atoms with Gasteiger partial charge in [-0.1, -0.05) is 46.4 Å². The van der Waals surface area contributed by atoms with Gasteiger partial charge >= 0.3 is 0 Å². The molecule has 10 heteroatoms. The van der Waals surface area contributed by atoms with Gasteiger partial charge in [-0.15, -0.1) is 0 Å². The van der Waals surface area contributed by atoms with Crippen LogP contribution in [0.1, 0.15) is 31.8 Å². The molecule has 5 nitrogen and oxygen atoms in total. The van der Waals surface area contributed by atoms with E-state index in [1.54, 1.807) is 13.8 Å². The minimum absolute atomic E-state index is 0.0417. The first kappa shape index (κ1) is 20.9. The number of aromatic nitrogens is 2. The van der Waals surface area contributed by atoms with Crippen molar-refractivity contribution in [2.45, 2.75) is 13.8 Å². The maximum atomic E-state index is 10.8. The number of hydrogen-bond donors (Lipinski definition) is 1. The van der Waals surface area contributed by atoms with E-state index in [2.05, 4.69) is 9.97 Å². The Kier molecular flexibility index (Phi) is 7.70. The van der Waals surface area contributed by atoms with Crippen LogP contribution in [-0.2, 0) is 0 Å². The van der Waals surface area contributed by atoms with Crippen molar-refractivity contribution < 1.29 is 9.59 Å². The van der Waals surface area contributed by atoms with Crippen LogP contribution in [-0.4, -0.2) is 21.1 Å². The average molecular weight is 430 g/mol. The van der Waals surface area contributed by atoms with Gasteiger partial charge in [0.2, 0.25) is 0 Å². The van der Waals surface area contributed by atoms with Crippen LogP contribution in [0.4, 0.5) is 0 Å². The molecule has 0 fully saturated rings. The Balaban J connectivity index is 0.000000240. The van der Waals surface area contributed by atoms with Gasteiger partial charge in [0.1, 0.15) is 20.6 Å². The Morgan fingerprint density at radius 2 is 1.25 bits per heavy atom. The summed E-state index contributed by atoms with van der Waals surface area (Å²) in [6.07, 6.45) is 0. The van der Waals surface area contributed by atoms with Gasteiger partial charge in [-0.05, 0) is 48.7 Å². The SMILES string of the molecule is Cc1cc(Cl)nc(Cl)c1C(=O)Cl.Cc1cc(Cl)nc(Cl)c1C(N)=O. The van der Waals surface area contributed by atoms with Crippen LogP contribution in [0.2, 0.25) is 20.6 Å². The molecule has 2 heterocycles. The third-order valence-electron chi connectivity index (χ3n) is 2.73. The summed E-state index contributed by atoms with van der Waals surface area (Å²) in [4.78, 5) is 29.0. The molecule has 128 valence electrons. The minimum Gasteiger partial charge on any atom is -0.365 e. The van der Waals surface area contributed by atoms with Gasteiger partial charge in [-0.25, -0.2) is 9.97 Å². The Labute approximate surface area is 163 Å². The van der Waals surface area contributed by atoms with Crippen molar-refractivity contribution in [3.05, 3.63) is 55.0 Å². The van der Waals surface area contributed by atoms with Gasteiger partial charge in [0.05, 0.1) is 11.1 Å². The van der Waals surface area contributed by atoms with E-state index in [1.165, 1.54) is 12.1 Å². The average Bonchev–Trinajstić information content (AvgIpc) is 2.35. The number of hydrogen-bond acceptors (Lipinski definition) is 4. The first-order chi connectivity index (χ1) is 11.0. The minimum atomic E-state index is -0.623. The molecule has 2 aromatic heterocycles. The number of amides is 1. The van der Waals surface area contributed by atoms with Gasteiger partial charge in [0, 0.05) is 0 Å². The molecule has 2 rings (SSSR count). The normalized spacial score (nSPS) is 9.96. The van der Waals surface area contributed by atoms with Crippen LogP contribution >= 0.6 is 58.0 Å². The number of carbonyl (C=O) groups is 2. The molecule has 0 spiro atoms. The Morgan fingerprint density at radius 3 is 1.54 bits per heavy atom. The summed E-state index contributed by atoms with van der Waals surface area (Å²) in [6.45, 7) is 3.38. The summed E-state index contributed by atoms with van der Waals surface area (Å²) in [6, 6.07) is 3.07. The highest BCUT2D eigenvalue weighted by molar-refractivity contribution is 6.68. The molecule has 1 amide bonds. The zero-order valence-electron chi connectivity index (χ0n) is 12.3. The van der Waals surface area contributed by atoms with Gasteiger partial charge in [-0.3, -0.25) is 9.59 Å². The first-order valence-electron chi connectivity index (χ1n) is 6.19. The van der Waals surface area contributed by atoms with Crippen molar-refractivity contribution in [2.75, 3.05) is 0 Å². The van der Waals surface area contributed by atoms with E-state index in [1.807, 2.05) is 0 Å². The lowest BCUT2D eigenvalue weighted by Crippen LogP contribution is -2.14. The number of rotatable bonds is 2. The van der Waals surface area contributed by atoms with E-state index in [0.29, 0.717) is 11.1 Å². The second-order valence-electron chi connectivity index (χ2n) is 4.49. The number of aryl methyl sites for hydroxylation is 2. The number of pyridine rings is 2. The fourth-order valence-electron chi connectivity index (χ4n) is 1.72. The standard InChI is InChI=1S/C7H4Cl3NO.C7H6Cl2N2O/c2*1-3-2-4(8)11-6(9)5(3)7(10)12/h2H,1H3;2H,1H3,(H2,10,12). The molecule has 2 aromatic rings. The molecular formula is C14H10Cl5N3O2. The first-order valence-corrected chi connectivity index (χ1v) is 8.08. The summed E-state index contributed by atoms with van der Waals surface area (Å²) >= 11 is 27.7. The fraction of sp³-hybridized carbons (Fsp3) is 0.143. The lowest BCUT2D eigenvalue weighted by atomic mass is 10.1. The summed E-state index contributed by atoms with van der Waals surface area (Å²) in [5, 5.41) is -0.0316. The molecule has 0 unspecified atom stereocenters. The molecular weight excluding hydrogens is 419 g/mol. The van der Waals surface area contributed by atoms with Crippen molar-refractivity contribution in [2.24, 2.45) is 5.73 Å². The molecule has 0 aromatic carbocycles. The lowest BCUT2D eigenvalue weighted by molar-refractivity contribution is 0.0998. The second-order valence-corrected chi connectivity index (χ2v) is 6.33. The molecule has 0 radical (unpaired) electrons. The molecule has 0 aliphatic rings. The number of carbonyl (C=O) groups excluding carboxylic acids is 2. The molecule has 0 saturated carbocycles. The topological polar surface area (TPSA) is 85.9 Å². The molecule has 24 heavy (non-hydrogen) atoms. The maximum Gasteiger partial charge on any atom is 0.255 e. The van der Waals surface area contributed by atoms with Crippen LogP contribution in [0.5, 0.6) is 0 Å². The highest BCUT2D eigenvalue weighted by Crippen LogP contribution is 2.22. The van der Waals surface area contributed by atoms with Gasteiger partial charge in [0.15, 0.2) is 0 Å². The monoisotopic (exact) mass is 427 g/mol. The number of nitrogens with two attached hydrogens (primary N) is 1. The lowest BCUT2D eigenvalue weighted by Gasteiger charge is -2.02. The Bertz CT molecular complexity index is 697. The van der Waals surface area contributed by atoms with Crippen molar-refractivity contribution >= 4 is 69.2 Å². The van der Waals surface area contributed by atoms with Gasteiger partial charge < -0.3 is 5.73 Å². The molecule has 2 N–H and O–H groups in total. The van der Waals surface area contributed by atoms with E-state index >= 15 is 0 Å². The number of halogens is 5. The van der Waals surface area contributed by atoms with E-state index in [-0.39, 0.29) is 31.7 Å². The predicted molar refractivity (Wildman–Crippen MR) is 96.7 cm³/mol. The fourth-order valence-corrected chi connectivity index (χ4v) is 3.25. The summed E-state index contributed by atoms with van der Waals surface area (Å²) in [5.41, 5.74) is 6.75. The molecule has 0 aliphatic carbocycles. The van der Waals surface area contributed by atoms with Crippen LogP contribution < -0.4 is 5.73 Å². The Morgan fingerprint density at radius 1 is 0.875 bits per heavy atom. The zero-order chi connectivity index (χ0) is 18.6. The molecule has 0 saturated heterocycles. The quantitative estimate of drug-likeness (QED) is 0.545. The summed E-state index contributed by atoms with van der Waals surface area (Å²) in [5.74, 6) is -0.596. The molecule has 0 atom stereocenters. The van der Waals surface area contributed by atoms with E-state index in [9.17, 15) is 9.59 Å². The van der Waals surface area contributed by atoms with E-state index in [4.69, 9.17) is 63.7 Å². The van der Waals surface area contributed by atoms with Crippen molar-refractivity contribution in [1.82, 2.24) is 9.97 Å². The van der Waals surface area contributed by atoms with E-state index in [0.717, 1.165) is 0 Å². The molecule has 0 bridgehead atoms. The summed E-state index contributed by atoms with van der Waals surface area (Å²) in [7, 11) is 0. The van der Waals surface area contributed by atoms with Gasteiger partial charge in [0.25, 0.3) is 11.1 Å². The zero-order valence-corrected chi connectivity index (χ0v) is 16.1. The van der Waals surface area contributed by atoms with Crippen molar-refractivity contribution in [3.8, 4) is 0 Å². The highest BCUT2D eigenvalue weighted by Gasteiger charge is 2.13. The van der Waals surface area contributed by atoms with Gasteiger partial charge in [-0.2, -0.15) is 0 Å². The molecule has 0 aliphatic heterocycles. The van der Waals surface area contributed by atoms with E-state index < -0.39 is 11.1 Å².